The van der Waals surface area contributed by atoms with Crippen LogP contribution in [0, 0.1) is 10.8 Å². The standard InChI is InChI=1S/C9H15N3O5/c1-5(2)8(10-6(3)13)9(16)12(11-17)4-7(14)15/h5,8H,4H2,1-3H3,(H,10,13)(H,14,15)/t8-/m0/s1. The molecule has 17 heavy (non-hydrogen) atoms. The molecule has 2 amide bonds. The maximum atomic E-state index is 11.7. The first-order chi connectivity index (χ1) is 7.79. The van der Waals surface area contributed by atoms with E-state index in [1.54, 1.807) is 13.8 Å². The van der Waals surface area contributed by atoms with Gasteiger partial charge in [-0.1, -0.05) is 13.8 Å². The summed E-state index contributed by atoms with van der Waals surface area (Å²) in [4.78, 5) is 43.4. The Balaban J connectivity index is 4.84. The van der Waals surface area contributed by atoms with Gasteiger partial charge in [0.2, 0.25) is 5.91 Å². The van der Waals surface area contributed by atoms with Crippen molar-refractivity contribution in [3.63, 3.8) is 0 Å². The highest BCUT2D eigenvalue weighted by Crippen LogP contribution is 2.06. The van der Waals surface area contributed by atoms with Crippen molar-refractivity contribution in [3.8, 4) is 0 Å². The third-order valence-electron chi connectivity index (χ3n) is 1.93. The second-order valence-electron chi connectivity index (χ2n) is 3.79. The molecule has 0 aliphatic heterocycles. The van der Waals surface area contributed by atoms with Crippen LogP contribution in [0.1, 0.15) is 20.8 Å². The molecule has 0 aromatic carbocycles. The van der Waals surface area contributed by atoms with E-state index in [9.17, 15) is 19.3 Å². The largest absolute Gasteiger partial charge is 0.480 e. The summed E-state index contributed by atoms with van der Waals surface area (Å²) in [5, 5.41) is 13.5. The average Bonchev–Trinajstić information content (AvgIpc) is 2.20. The van der Waals surface area contributed by atoms with Gasteiger partial charge in [0.25, 0.3) is 5.91 Å². The minimum atomic E-state index is -1.36. The zero-order chi connectivity index (χ0) is 13.6. The number of hydrogen-bond acceptors (Lipinski definition) is 5. The molecule has 0 aromatic rings. The van der Waals surface area contributed by atoms with Crippen molar-refractivity contribution in [2.75, 3.05) is 6.54 Å². The van der Waals surface area contributed by atoms with Crippen molar-refractivity contribution in [2.24, 2.45) is 11.2 Å². The fourth-order valence-corrected chi connectivity index (χ4v) is 1.17. The SMILES string of the molecule is CC(=O)N[C@H](C(=O)N(CC(=O)O)N=O)C(C)C. The van der Waals surface area contributed by atoms with Crippen molar-refractivity contribution < 1.29 is 19.5 Å². The van der Waals surface area contributed by atoms with Crippen LogP contribution in [0.3, 0.4) is 0 Å². The van der Waals surface area contributed by atoms with E-state index in [1.807, 2.05) is 0 Å². The van der Waals surface area contributed by atoms with Gasteiger partial charge in [0.05, 0.1) is 5.29 Å². The lowest BCUT2D eigenvalue weighted by Gasteiger charge is -2.23. The highest BCUT2D eigenvalue weighted by atomic mass is 16.4. The molecular formula is C9H15N3O5. The maximum Gasteiger partial charge on any atom is 0.325 e. The van der Waals surface area contributed by atoms with Crippen LogP contribution in [0.5, 0.6) is 0 Å². The first-order valence-electron chi connectivity index (χ1n) is 4.93. The number of carbonyl (C=O) groups excluding carboxylic acids is 2. The Morgan fingerprint density at radius 3 is 2.18 bits per heavy atom. The van der Waals surface area contributed by atoms with Crippen LogP contribution in [-0.4, -0.2) is 40.5 Å². The highest BCUT2D eigenvalue weighted by Gasteiger charge is 2.29. The number of aliphatic carboxylic acids is 1. The molecule has 0 heterocycles. The molecule has 0 bridgehead atoms. The van der Waals surface area contributed by atoms with Crippen LogP contribution in [0.25, 0.3) is 0 Å². The number of amides is 2. The minimum Gasteiger partial charge on any atom is -0.480 e. The molecule has 8 heteroatoms. The molecule has 0 radical (unpaired) electrons. The molecule has 96 valence electrons. The summed E-state index contributed by atoms with van der Waals surface area (Å²) < 4.78 is 0. The number of carboxylic acid groups (broad SMARTS) is 1. The fraction of sp³-hybridized carbons (Fsp3) is 0.667. The van der Waals surface area contributed by atoms with E-state index >= 15 is 0 Å². The smallest absolute Gasteiger partial charge is 0.325 e. The van der Waals surface area contributed by atoms with Gasteiger partial charge < -0.3 is 10.4 Å². The predicted molar refractivity (Wildman–Crippen MR) is 57.6 cm³/mol. The van der Waals surface area contributed by atoms with Gasteiger partial charge in [-0.3, -0.25) is 14.4 Å². The summed E-state index contributed by atoms with van der Waals surface area (Å²) in [6, 6.07) is -0.968. The Labute approximate surface area is 97.9 Å². The molecule has 0 fully saturated rings. The van der Waals surface area contributed by atoms with E-state index < -0.39 is 30.4 Å². The number of nitrogens with one attached hydrogen (secondary N) is 1. The number of nitrogens with zero attached hydrogens (tertiary/aromatic N) is 2. The van der Waals surface area contributed by atoms with Crippen LogP contribution in [-0.2, 0) is 14.4 Å². The van der Waals surface area contributed by atoms with Crippen molar-refractivity contribution in [1.82, 2.24) is 10.3 Å². The molecule has 0 saturated carbocycles. The third kappa shape index (κ3) is 5.05. The Kier molecular flexibility index (Phi) is 5.79. The summed E-state index contributed by atoms with van der Waals surface area (Å²) in [5.41, 5.74) is 0. The number of hydrogen-bond donors (Lipinski definition) is 2. The van der Waals surface area contributed by atoms with Crippen molar-refractivity contribution in [2.45, 2.75) is 26.8 Å². The quantitative estimate of drug-likeness (QED) is 0.494. The second-order valence-corrected chi connectivity index (χ2v) is 3.79. The van der Waals surface area contributed by atoms with Crippen molar-refractivity contribution in [1.29, 1.82) is 0 Å². The Morgan fingerprint density at radius 2 is 1.88 bits per heavy atom. The maximum absolute atomic E-state index is 11.7. The normalized spacial score (nSPS) is 11.8. The number of nitroso groups, excluding NO2 is 1. The topological polar surface area (TPSA) is 116 Å². The van der Waals surface area contributed by atoms with Gasteiger partial charge in [-0.2, -0.15) is 5.01 Å². The summed E-state index contributed by atoms with van der Waals surface area (Å²) in [7, 11) is 0. The van der Waals surface area contributed by atoms with E-state index in [1.165, 1.54) is 6.92 Å². The van der Waals surface area contributed by atoms with Gasteiger partial charge >= 0.3 is 5.97 Å². The molecule has 1 atom stereocenters. The molecule has 0 unspecified atom stereocenters. The van der Waals surface area contributed by atoms with E-state index in [0.717, 1.165) is 0 Å². The number of carboxylic acids is 1. The first kappa shape index (κ1) is 15.0. The Bertz CT molecular complexity index is 329. The molecule has 2 N–H and O–H groups in total. The zero-order valence-corrected chi connectivity index (χ0v) is 9.84. The van der Waals surface area contributed by atoms with Crippen LogP contribution >= 0.6 is 0 Å². The summed E-state index contributed by atoms with van der Waals surface area (Å²) >= 11 is 0. The number of carbonyl (C=O) groups is 3. The van der Waals surface area contributed by atoms with Gasteiger partial charge in [0.15, 0.2) is 0 Å². The molecule has 0 aromatic heterocycles. The summed E-state index contributed by atoms with van der Waals surface area (Å²) in [6.07, 6.45) is 0. The van der Waals surface area contributed by atoms with Gasteiger partial charge in [-0.05, 0) is 5.92 Å². The van der Waals surface area contributed by atoms with E-state index in [-0.39, 0.29) is 10.9 Å². The van der Waals surface area contributed by atoms with Gasteiger partial charge in [-0.15, -0.1) is 4.91 Å². The van der Waals surface area contributed by atoms with E-state index in [2.05, 4.69) is 10.6 Å². The lowest BCUT2D eigenvalue weighted by atomic mass is 10.0. The molecule has 0 rings (SSSR count). The minimum absolute atomic E-state index is 0.281. The molecule has 8 nitrogen and oxygen atoms in total. The Hall–Kier alpha value is -1.99. The van der Waals surface area contributed by atoms with E-state index in [0.29, 0.717) is 0 Å². The van der Waals surface area contributed by atoms with Gasteiger partial charge in [0, 0.05) is 6.92 Å². The van der Waals surface area contributed by atoms with Gasteiger partial charge in [-0.25, -0.2) is 0 Å². The second kappa shape index (κ2) is 6.56. The Morgan fingerprint density at radius 1 is 1.35 bits per heavy atom. The summed E-state index contributed by atoms with van der Waals surface area (Å²) in [6.45, 7) is 3.70. The highest BCUT2D eigenvalue weighted by molar-refractivity contribution is 5.88. The van der Waals surface area contributed by atoms with Gasteiger partial charge in [0.1, 0.15) is 12.6 Å². The lowest BCUT2D eigenvalue weighted by molar-refractivity contribution is -0.146. The molecular weight excluding hydrogens is 230 g/mol. The van der Waals surface area contributed by atoms with Crippen LogP contribution < -0.4 is 5.32 Å². The third-order valence-corrected chi connectivity index (χ3v) is 1.93. The average molecular weight is 245 g/mol. The van der Waals surface area contributed by atoms with Crippen LogP contribution in [0.4, 0.5) is 0 Å². The van der Waals surface area contributed by atoms with Crippen molar-refractivity contribution >= 4 is 17.8 Å². The number of rotatable bonds is 6. The van der Waals surface area contributed by atoms with Crippen molar-refractivity contribution in [3.05, 3.63) is 4.91 Å². The van der Waals surface area contributed by atoms with Crippen LogP contribution in [0.15, 0.2) is 5.29 Å². The van der Waals surface area contributed by atoms with E-state index in [4.69, 9.17) is 5.11 Å². The molecule has 0 aliphatic carbocycles. The van der Waals surface area contributed by atoms with Crippen LogP contribution in [0.2, 0.25) is 0 Å². The zero-order valence-electron chi connectivity index (χ0n) is 9.84. The first-order valence-corrected chi connectivity index (χ1v) is 4.93. The lowest BCUT2D eigenvalue weighted by Crippen LogP contribution is -2.50. The summed E-state index contributed by atoms with van der Waals surface area (Å²) in [5.74, 6) is -2.93. The predicted octanol–water partition coefficient (Wildman–Crippen LogP) is -0.258. The fourth-order valence-electron chi connectivity index (χ4n) is 1.17. The molecule has 0 aliphatic rings. The molecule has 0 saturated heterocycles. The monoisotopic (exact) mass is 245 g/mol. The molecule has 0 spiro atoms.